The summed E-state index contributed by atoms with van der Waals surface area (Å²) >= 11 is 0. The zero-order valence-electron chi connectivity index (χ0n) is 19.5. The van der Waals surface area contributed by atoms with Gasteiger partial charge in [-0.05, 0) is 47.7 Å². The smallest absolute Gasteiger partial charge is 0.229 e. The molecule has 5 atom stereocenters. The van der Waals surface area contributed by atoms with Crippen LogP contribution in [0.1, 0.15) is 11.1 Å². The molecule has 0 aromatic heterocycles. The highest BCUT2D eigenvalue weighted by molar-refractivity contribution is 5.84. The summed E-state index contributed by atoms with van der Waals surface area (Å²) in [4.78, 5) is 0. The maximum atomic E-state index is 10.4. The molecule has 1 aliphatic heterocycles. The maximum Gasteiger partial charge on any atom is 0.229 e. The molecule has 1 fully saturated rings. The van der Waals surface area contributed by atoms with Gasteiger partial charge >= 0.3 is 0 Å². The van der Waals surface area contributed by atoms with E-state index in [1.807, 2.05) is 6.07 Å². The average molecular weight is 478 g/mol. The molecule has 2 aromatic rings. The number of hydrogen-bond donors (Lipinski definition) is 4. The van der Waals surface area contributed by atoms with Crippen LogP contribution in [0.5, 0.6) is 28.7 Å². The first-order valence-electron chi connectivity index (χ1n) is 10.9. The van der Waals surface area contributed by atoms with Gasteiger partial charge in [0.2, 0.25) is 12.0 Å². The number of methoxy groups -OCH3 is 4. The standard InChI is InChI=1S/C24H30O10/c1-29-14-9-13-11(5-6-12-8-16(30-2)22(31-3)23(32-4)18(12)13)7-15(14)33-24-21(28)20(27)19(26)17(10-25)34-24/h7-9,17,19-21,24-28H,5-6,10H2,1-4H3/t17?,19-,20?,21?,24-/m1/s1. The van der Waals surface area contributed by atoms with Gasteiger partial charge in [0.25, 0.3) is 0 Å². The number of aryl methyl sites for hydroxylation is 2. The summed E-state index contributed by atoms with van der Waals surface area (Å²) in [6.07, 6.45) is -5.54. The Balaban J connectivity index is 1.76. The lowest BCUT2D eigenvalue weighted by Crippen LogP contribution is -2.60. The van der Waals surface area contributed by atoms with E-state index in [0.29, 0.717) is 35.8 Å². The Bertz CT molecular complexity index is 1040. The molecule has 0 radical (unpaired) electrons. The van der Waals surface area contributed by atoms with Crippen molar-refractivity contribution in [3.63, 3.8) is 0 Å². The van der Waals surface area contributed by atoms with Crippen molar-refractivity contribution in [1.29, 1.82) is 0 Å². The van der Waals surface area contributed by atoms with E-state index in [9.17, 15) is 20.4 Å². The van der Waals surface area contributed by atoms with Crippen molar-refractivity contribution in [2.24, 2.45) is 0 Å². The molecule has 4 rings (SSSR count). The molecule has 2 aliphatic rings. The van der Waals surface area contributed by atoms with Crippen LogP contribution in [0.3, 0.4) is 0 Å². The molecule has 10 nitrogen and oxygen atoms in total. The monoisotopic (exact) mass is 478 g/mol. The number of fused-ring (bicyclic) bond motifs is 3. The number of hydrogen-bond acceptors (Lipinski definition) is 10. The first-order chi connectivity index (χ1) is 16.4. The van der Waals surface area contributed by atoms with Gasteiger partial charge in [0.15, 0.2) is 23.0 Å². The Morgan fingerprint density at radius 1 is 0.765 bits per heavy atom. The summed E-state index contributed by atoms with van der Waals surface area (Å²) in [5.41, 5.74) is 3.71. The molecule has 4 N–H and O–H groups in total. The number of rotatable bonds is 7. The van der Waals surface area contributed by atoms with Crippen LogP contribution in [0.4, 0.5) is 0 Å². The third kappa shape index (κ3) is 4.01. The highest BCUT2D eigenvalue weighted by atomic mass is 16.7. The Kier molecular flexibility index (Phi) is 7.06. The van der Waals surface area contributed by atoms with Crippen LogP contribution in [0.2, 0.25) is 0 Å². The van der Waals surface area contributed by atoms with Crippen LogP contribution in [0.25, 0.3) is 11.1 Å². The van der Waals surface area contributed by atoms with E-state index in [-0.39, 0.29) is 5.75 Å². The summed E-state index contributed by atoms with van der Waals surface area (Å²) in [5, 5.41) is 39.9. The molecular weight excluding hydrogens is 448 g/mol. The first-order valence-corrected chi connectivity index (χ1v) is 10.9. The van der Waals surface area contributed by atoms with E-state index in [0.717, 1.165) is 22.3 Å². The summed E-state index contributed by atoms with van der Waals surface area (Å²) in [6.45, 7) is -0.548. The minimum Gasteiger partial charge on any atom is -0.493 e. The normalized spacial score (nSPS) is 25.7. The fourth-order valence-corrected chi connectivity index (χ4v) is 4.55. The molecule has 34 heavy (non-hydrogen) atoms. The van der Waals surface area contributed by atoms with Gasteiger partial charge in [-0.3, -0.25) is 0 Å². The number of aliphatic hydroxyl groups excluding tert-OH is 4. The van der Waals surface area contributed by atoms with E-state index >= 15 is 0 Å². The number of benzene rings is 2. The fourth-order valence-electron chi connectivity index (χ4n) is 4.55. The van der Waals surface area contributed by atoms with Crippen molar-refractivity contribution in [2.75, 3.05) is 35.0 Å². The topological polar surface area (TPSA) is 136 Å². The predicted molar refractivity (Wildman–Crippen MR) is 120 cm³/mol. The first kappa shape index (κ1) is 24.4. The highest BCUT2D eigenvalue weighted by Gasteiger charge is 2.45. The maximum absolute atomic E-state index is 10.4. The predicted octanol–water partition coefficient (Wildman–Crippen LogP) is 0.665. The molecule has 0 amide bonds. The summed E-state index contributed by atoms with van der Waals surface area (Å²) < 4.78 is 33.7. The van der Waals surface area contributed by atoms with Crippen molar-refractivity contribution >= 4 is 0 Å². The Hall–Kier alpha value is -2.76. The molecule has 1 aliphatic carbocycles. The molecule has 1 saturated heterocycles. The van der Waals surface area contributed by atoms with Gasteiger partial charge in [-0.2, -0.15) is 0 Å². The zero-order valence-corrected chi connectivity index (χ0v) is 19.5. The second kappa shape index (κ2) is 9.85. The Labute approximate surface area is 197 Å². The third-order valence-corrected chi connectivity index (χ3v) is 6.33. The molecule has 10 heteroatoms. The van der Waals surface area contributed by atoms with Crippen LogP contribution in [-0.4, -0.2) is 86.2 Å². The zero-order chi connectivity index (χ0) is 24.6. The highest BCUT2D eigenvalue weighted by Crippen LogP contribution is 2.51. The van der Waals surface area contributed by atoms with Gasteiger partial charge in [0.05, 0.1) is 35.0 Å². The van der Waals surface area contributed by atoms with Gasteiger partial charge in [0, 0.05) is 5.56 Å². The quantitative estimate of drug-likeness (QED) is 0.449. The van der Waals surface area contributed by atoms with Crippen molar-refractivity contribution in [1.82, 2.24) is 0 Å². The summed E-state index contributed by atoms with van der Waals surface area (Å²) in [5.74, 6) is 2.25. The lowest BCUT2D eigenvalue weighted by molar-refractivity contribution is -0.277. The minimum absolute atomic E-state index is 0.286. The molecule has 186 valence electrons. The van der Waals surface area contributed by atoms with Crippen LogP contribution in [0.15, 0.2) is 18.2 Å². The molecule has 3 unspecified atom stereocenters. The summed E-state index contributed by atoms with van der Waals surface area (Å²) in [7, 11) is 6.18. The number of aliphatic hydroxyl groups is 4. The second-order valence-electron chi connectivity index (χ2n) is 8.15. The van der Waals surface area contributed by atoms with Crippen molar-refractivity contribution < 1.29 is 48.8 Å². The minimum atomic E-state index is -1.54. The molecule has 1 heterocycles. The average Bonchev–Trinajstić information content (AvgIpc) is 2.86. The lowest BCUT2D eigenvalue weighted by atomic mass is 9.84. The van der Waals surface area contributed by atoms with Crippen LogP contribution < -0.4 is 23.7 Å². The van der Waals surface area contributed by atoms with Crippen LogP contribution >= 0.6 is 0 Å². The SMILES string of the molecule is COc1cc2c(cc1O[C@@H]1OC(CO)[C@@H](O)C(O)C1O)CCc1cc(OC)c(OC)c(OC)c1-2. The number of ether oxygens (including phenoxy) is 6. The van der Waals surface area contributed by atoms with E-state index < -0.39 is 37.3 Å². The molecule has 0 spiro atoms. The second-order valence-corrected chi connectivity index (χ2v) is 8.15. The molecular formula is C24H30O10. The summed E-state index contributed by atoms with van der Waals surface area (Å²) in [6, 6.07) is 5.53. The third-order valence-electron chi connectivity index (χ3n) is 6.33. The van der Waals surface area contributed by atoms with Crippen LogP contribution in [0, 0.1) is 0 Å². The van der Waals surface area contributed by atoms with Gasteiger partial charge in [-0.15, -0.1) is 0 Å². The Morgan fingerprint density at radius 2 is 1.41 bits per heavy atom. The van der Waals surface area contributed by atoms with E-state index in [4.69, 9.17) is 28.4 Å². The van der Waals surface area contributed by atoms with E-state index in [2.05, 4.69) is 0 Å². The van der Waals surface area contributed by atoms with Gasteiger partial charge in [-0.25, -0.2) is 0 Å². The molecule has 2 aromatic carbocycles. The molecule has 0 bridgehead atoms. The van der Waals surface area contributed by atoms with E-state index in [1.165, 1.54) is 7.11 Å². The van der Waals surface area contributed by atoms with Crippen molar-refractivity contribution in [2.45, 2.75) is 43.5 Å². The van der Waals surface area contributed by atoms with Crippen LogP contribution in [-0.2, 0) is 17.6 Å². The fraction of sp³-hybridized carbons (Fsp3) is 0.500. The lowest BCUT2D eigenvalue weighted by Gasteiger charge is -2.39. The van der Waals surface area contributed by atoms with Gasteiger partial charge in [-0.1, -0.05) is 0 Å². The largest absolute Gasteiger partial charge is 0.493 e. The molecule has 0 saturated carbocycles. The van der Waals surface area contributed by atoms with Crippen molar-refractivity contribution in [3.05, 3.63) is 29.3 Å². The van der Waals surface area contributed by atoms with Crippen molar-refractivity contribution in [3.8, 4) is 39.9 Å². The van der Waals surface area contributed by atoms with Gasteiger partial charge in [0.1, 0.15) is 24.4 Å². The van der Waals surface area contributed by atoms with Gasteiger partial charge < -0.3 is 48.8 Å². The Morgan fingerprint density at radius 3 is 2.03 bits per heavy atom. The van der Waals surface area contributed by atoms with E-state index in [1.54, 1.807) is 33.5 Å².